The molecule has 0 atom stereocenters. The molecule has 0 fully saturated rings. The van der Waals surface area contributed by atoms with Gasteiger partial charge in [-0.05, 0) is 24.4 Å². The third-order valence-corrected chi connectivity index (χ3v) is 2.73. The lowest BCUT2D eigenvalue weighted by molar-refractivity contribution is 0.148. The Bertz CT molecular complexity index is 363. The summed E-state index contributed by atoms with van der Waals surface area (Å²) in [6.45, 7) is 6.32. The molecule has 21 heavy (non-hydrogen) atoms. The molecular formula is C13H24ClN5O2. The van der Waals surface area contributed by atoms with Crippen LogP contribution in [0, 0.1) is 0 Å². The predicted molar refractivity (Wildman–Crippen MR) is 83.5 cm³/mol. The van der Waals surface area contributed by atoms with Gasteiger partial charge in [-0.25, -0.2) is 0 Å². The van der Waals surface area contributed by atoms with Crippen molar-refractivity contribution in [2.45, 2.75) is 39.5 Å². The second-order valence-corrected chi connectivity index (χ2v) is 4.76. The topological polar surface area (TPSA) is 81.2 Å². The lowest BCUT2D eigenvalue weighted by atomic mass is 10.4. The predicted octanol–water partition coefficient (Wildman–Crippen LogP) is 2.90. The van der Waals surface area contributed by atoms with Crippen molar-refractivity contribution in [1.29, 1.82) is 0 Å². The van der Waals surface area contributed by atoms with E-state index >= 15 is 0 Å². The SMILES string of the molecule is CCCCOCNc1nc(Cl)nc(NCOCCCC)n1. The fourth-order valence-corrected chi connectivity index (χ4v) is 1.54. The lowest BCUT2D eigenvalue weighted by Crippen LogP contribution is -2.14. The van der Waals surface area contributed by atoms with Crippen molar-refractivity contribution in [1.82, 2.24) is 15.0 Å². The van der Waals surface area contributed by atoms with E-state index in [1.54, 1.807) is 0 Å². The van der Waals surface area contributed by atoms with E-state index in [4.69, 9.17) is 21.1 Å². The summed E-state index contributed by atoms with van der Waals surface area (Å²) < 4.78 is 10.8. The number of aromatic nitrogens is 3. The highest BCUT2D eigenvalue weighted by Gasteiger charge is 2.04. The van der Waals surface area contributed by atoms with Crippen molar-refractivity contribution in [2.75, 3.05) is 37.3 Å². The minimum Gasteiger partial charge on any atom is -0.361 e. The third kappa shape index (κ3) is 8.64. The van der Waals surface area contributed by atoms with Gasteiger partial charge < -0.3 is 20.1 Å². The fraction of sp³-hybridized carbons (Fsp3) is 0.769. The first-order chi connectivity index (χ1) is 10.3. The van der Waals surface area contributed by atoms with Crippen LogP contribution in [0.2, 0.25) is 5.28 Å². The van der Waals surface area contributed by atoms with E-state index in [-0.39, 0.29) is 5.28 Å². The van der Waals surface area contributed by atoms with E-state index in [1.165, 1.54) is 0 Å². The number of hydrogen-bond acceptors (Lipinski definition) is 7. The Hall–Kier alpha value is -1.18. The van der Waals surface area contributed by atoms with Crippen molar-refractivity contribution in [2.24, 2.45) is 0 Å². The maximum absolute atomic E-state index is 5.85. The monoisotopic (exact) mass is 317 g/mol. The van der Waals surface area contributed by atoms with Crippen LogP contribution in [-0.4, -0.2) is 41.6 Å². The number of hydrogen-bond donors (Lipinski definition) is 2. The van der Waals surface area contributed by atoms with Crippen molar-refractivity contribution in [3.8, 4) is 0 Å². The van der Waals surface area contributed by atoms with E-state index in [0.717, 1.165) is 25.7 Å². The minimum atomic E-state index is 0.122. The van der Waals surface area contributed by atoms with Gasteiger partial charge in [-0.1, -0.05) is 26.7 Å². The van der Waals surface area contributed by atoms with Crippen LogP contribution < -0.4 is 10.6 Å². The number of halogens is 1. The Morgan fingerprint density at radius 1 is 0.857 bits per heavy atom. The van der Waals surface area contributed by atoms with E-state index in [1.807, 2.05) is 0 Å². The molecule has 0 spiro atoms. The van der Waals surface area contributed by atoms with Gasteiger partial charge in [-0.3, -0.25) is 0 Å². The molecule has 0 unspecified atom stereocenters. The van der Waals surface area contributed by atoms with Crippen LogP contribution in [0.15, 0.2) is 0 Å². The quantitative estimate of drug-likeness (QED) is 0.453. The largest absolute Gasteiger partial charge is 0.361 e. The van der Waals surface area contributed by atoms with Gasteiger partial charge in [0.1, 0.15) is 13.5 Å². The number of ether oxygens (including phenoxy) is 2. The van der Waals surface area contributed by atoms with Gasteiger partial charge >= 0.3 is 0 Å². The Morgan fingerprint density at radius 2 is 1.33 bits per heavy atom. The zero-order valence-corrected chi connectivity index (χ0v) is 13.4. The minimum absolute atomic E-state index is 0.122. The molecule has 1 aromatic heterocycles. The highest BCUT2D eigenvalue weighted by Crippen LogP contribution is 2.09. The first-order valence-corrected chi connectivity index (χ1v) is 7.68. The second kappa shape index (κ2) is 11.5. The van der Waals surface area contributed by atoms with Crippen molar-refractivity contribution in [3.05, 3.63) is 5.28 Å². The molecule has 1 heterocycles. The van der Waals surface area contributed by atoms with Crippen LogP contribution in [0.4, 0.5) is 11.9 Å². The molecule has 1 rings (SSSR count). The average molecular weight is 318 g/mol. The summed E-state index contributed by atoms with van der Waals surface area (Å²) in [6.07, 6.45) is 4.26. The summed E-state index contributed by atoms with van der Waals surface area (Å²) in [4.78, 5) is 12.1. The van der Waals surface area contributed by atoms with Crippen LogP contribution in [0.5, 0.6) is 0 Å². The Labute approximate surface area is 130 Å². The Balaban J connectivity index is 2.32. The molecular weight excluding hydrogens is 294 g/mol. The number of rotatable bonds is 12. The van der Waals surface area contributed by atoms with Gasteiger partial charge in [0.05, 0.1) is 0 Å². The Morgan fingerprint density at radius 3 is 1.76 bits per heavy atom. The molecule has 120 valence electrons. The van der Waals surface area contributed by atoms with Crippen molar-refractivity contribution < 1.29 is 9.47 Å². The van der Waals surface area contributed by atoms with E-state index in [0.29, 0.717) is 38.6 Å². The smallest absolute Gasteiger partial charge is 0.230 e. The number of unbranched alkanes of at least 4 members (excludes halogenated alkanes) is 2. The first kappa shape index (κ1) is 17.9. The van der Waals surface area contributed by atoms with Crippen LogP contribution in [0.1, 0.15) is 39.5 Å². The van der Waals surface area contributed by atoms with Gasteiger partial charge in [0.2, 0.25) is 17.2 Å². The van der Waals surface area contributed by atoms with Gasteiger partial charge in [-0.15, -0.1) is 0 Å². The number of nitrogens with one attached hydrogen (secondary N) is 2. The summed E-state index contributed by atoms with van der Waals surface area (Å²) in [5.74, 6) is 0.755. The molecule has 0 aliphatic heterocycles. The highest BCUT2D eigenvalue weighted by atomic mass is 35.5. The molecule has 1 aromatic rings. The number of nitrogens with zero attached hydrogens (tertiary/aromatic N) is 3. The molecule has 7 nitrogen and oxygen atoms in total. The maximum Gasteiger partial charge on any atom is 0.230 e. The summed E-state index contributed by atoms with van der Waals surface area (Å²) in [5, 5.41) is 6.01. The molecule has 0 bridgehead atoms. The molecule has 0 aromatic carbocycles. The van der Waals surface area contributed by atoms with Crippen LogP contribution >= 0.6 is 11.6 Å². The standard InChI is InChI=1S/C13H24ClN5O2/c1-3-5-7-20-9-15-12-17-11(14)18-13(19-12)16-10-21-8-6-4-2/h3-10H2,1-2H3,(H2,15,16,17,18,19). The zero-order valence-electron chi connectivity index (χ0n) is 12.7. The number of anilines is 2. The normalized spacial score (nSPS) is 10.6. The molecule has 0 amide bonds. The maximum atomic E-state index is 5.85. The molecule has 0 aliphatic rings. The van der Waals surface area contributed by atoms with E-state index in [2.05, 4.69) is 39.4 Å². The Kier molecular flexibility index (Phi) is 9.77. The summed E-state index contributed by atoms with van der Waals surface area (Å²) in [7, 11) is 0. The summed E-state index contributed by atoms with van der Waals surface area (Å²) in [5.41, 5.74) is 0. The molecule has 2 N–H and O–H groups in total. The van der Waals surface area contributed by atoms with E-state index in [9.17, 15) is 0 Å². The van der Waals surface area contributed by atoms with Gasteiger partial charge in [0.15, 0.2) is 0 Å². The molecule has 8 heteroatoms. The second-order valence-electron chi connectivity index (χ2n) is 4.42. The first-order valence-electron chi connectivity index (χ1n) is 7.31. The lowest BCUT2D eigenvalue weighted by Gasteiger charge is -2.09. The van der Waals surface area contributed by atoms with Gasteiger partial charge in [0.25, 0.3) is 0 Å². The van der Waals surface area contributed by atoms with Crippen LogP contribution in [0.25, 0.3) is 0 Å². The van der Waals surface area contributed by atoms with Crippen molar-refractivity contribution in [3.63, 3.8) is 0 Å². The summed E-state index contributed by atoms with van der Waals surface area (Å²) >= 11 is 5.85. The zero-order chi connectivity index (χ0) is 15.3. The average Bonchev–Trinajstić information content (AvgIpc) is 2.46. The molecule has 0 saturated carbocycles. The van der Waals surface area contributed by atoms with Crippen molar-refractivity contribution >= 4 is 23.5 Å². The fourth-order valence-electron chi connectivity index (χ4n) is 1.38. The van der Waals surface area contributed by atoms with Crippen LogP contribution in [-0.2, 0) is 9.47 Å². The molecule has 0 saturated heterocycles. The van der Waals surface area contributed by atoms with E-state index < -0.39 is 0 Å². The van der Waals surface area contributed by atoms with Gasteiger partial charge in [0, 0.05) is 13.2 Å². The third-order valence-electron chi connectivity index (χ3n) is 2.56. The molecule has 0 aliphatic carbocycles. The summed E-state index contributed by atoms with van der Waals surface area (Å²) in [6, 6.07) is 0. The highest BCUT2D eigenvalue weighted by molar-refractivity contribution is 6.28. The van der Waals surface area contributed by atoms with Crippen LogP contribution in [0.3, 0.4) is 0 Å². The van der Waals surface area contributed by atoms with Gasteiger partial charge in [-0.2, -0.15) is 15.0 Å². The molecule has 0 radical (unpaired) electrons.